The number of amides is 1. The number of anilines is 1. The van der Waals surface area contributed by atoms with Gasteiger partial charge >= 0.3 is 0 Å². The average Bonchev–Trinajstić information content (AvgIpc) is 2.31. The van der Waals surface area contributed by atoms with Gasteiger partial charge in [-0.25, -0.2) is 8.78 Å². The summed E-state index contributed by atoms with van der Waals surface area (Å²) < 4.78 is 26.9. The minimum absolute atomic E-state index is 0.0282. The van der Waals surface area contributed by atoms with Gasteiger partial charge in [0, 0.05) is 12.5 Å². The van der Waals surface area contributed by atoms with Crippen molar-refractivity contribution in [2.75, 3.05) is 11.9 Å². The van der Waals surface area contributed by atoms with Gasteiger partial charge in [0.15, 0.2) is 0 Å². The lowest BCUT2D eigenvalue weighted by Gasteiger charge is -2.40. The lowest BCUT2D eigenvalue weighted by Crippen LogP contribution is -2.40. The van der Waals surface area contributed by atoms with Crippen LogP contribution >= 0.6 is 15.9 Å². The average molecular weight is 333 g/mol. The second-order valence-electron chi connectivity index (χ2n) is 5.03. The zero-order chi connectivity index (χ0) is 14.0. The minimum Gasteiger partial charge on any atom is -0.330 e. The molecule has 0 aliphatic heterocycles. The summed E-state index contributed by atoms with van der Waals surface area (Å²) in [7, 11) is 0. The molecule has 3 N–H and O–H groups in total. The monoisotopic (exact) mass is 332 g/mol. The molecule has 0 heterocycles. The van der Waals surface area contributed by atoms with E-state index in [0.717, 1.165) is 31.4 Å². The van der Waals surface area contributed by atoms with Crippen LogP contribution in [0.2, 0.25) is 0 Å². The van der Waals surface area contributed by atoms with Crippen LogP contribution in [0, 0.1) is 17.0 Å². The van der Waals surface area contributed by atoms with Crippen molar-refractivity contribution < 1.29 is 13.6 Å². The first kappa shape index (κ1) is 14.4. The fourth-order valence-corrected chi connectivity index (χ4v) is 2.60. The van der Waals surface area contributed by atoms with E-state index in [1.807, 2.05) is 0 Å². The van der Waals surface area contributed by atoms with E-state index in [-0.39, 0.29) is 27.9 Å². The summed E-state index contributed by atoms with van der Waals surface area (Å²) in [5, 5.41) is 2.41. The van der Waals surface area contributed by atoms with Crippen molar-refractivity contribution in [3.05, 3.63) is 28.2 Å². The molecule has 0 spiro atoms. The first-order valence-electron chi connectivity index (χ1n) is 6.10. The summed E-state index contributed by atoms with van der Waals surface area (Å²) in [5.41, 5.74) is 5.36. The Bertz CT molecular complexity index is 498. The molecule has 0 atom stereocenters. The van der Waals surface area contributed by atoms with Crippen LogP contribution in [-0.4, -0.2) is 12.5 Å². The van der Waals surface area contributed by atoms with Gasteiger partial charge in [-0.15, -0.1) is 0 Å². The number of benzene rings is 1. The standard InChI is InChI=1S/C13H15BrF2N2O/c14-8-4-10(16)11(5-9(8)15)18-12(19)6-13(7-17)2-1-3-13/h4-5H,1-3,6-7,17H2,(H,18,19). The lowest BCUT2D eigenvalue weighted by molar-refractivity contribution is -0.119. The maximum Gasteiger partial charge on any atom is 0.225 e. The van der Waals surface area contributed by atoms with Crippen molar-refractivity contribution in [1.82, 2.24) is 0 Å². The van der Waals surface area contributed by atoms with Crippen LogP contribution < -0.4 is 11.1 Å². The Balaban J connectivity index is 2.05. The summed E-state index contributed by atoms with van der Waals surface area (Å²) in [6.07, 6.45) is 3.13. The molecule has 1 aliphatic rings. The maximum atomic E-state index is 13.6. The number of carbonyl (C=O) groups excluding carboxylic acids is 1. The van der Waals surface area contributed by atoms with E-state index in [9.17, 15) is 13.6 Å². The fraction of sp³-hybridized carbons (Fsp3) is 0.462. The molecule has 0 aromatic heterocycles. The third-order valence-corrected chi connectivity index (χ3v) is 4.27. The van der Waals surface area contributed by atoms with Gasteiger partial charge in [-0.3, -0.25) is 4.79 Å². The van der Waals surface area contributed by atoms with Crippen LogP contribution in [0.25, 0.3) is 0 Å². The highest BCUT2D eigenvalue weighted by Gasteiger charge is 2.37. The van der Waals surface area contributed by atoms with Crippen molar-refractivity contribution in [1.29, 1.82) is 0 Å². The predicted molar refractivity (Wildman–Crippen MR) is 72.6 cm³/mol. The Morgan fingerprint density at radius 2 is 2.05 bits per heavy atom. The van der Waals surface area contributed by atoms with Crippen LogP contribution in [0.3, 0.4) is 0 Å². The van der Waals surface area contributed by atoms with E-state index >= 15 is 0 Å². The van der Waals surface area contributed by atoms with Crippen LogP contribution in [0.15, 0.2) is 16.6 Å². The highest BCUT2D eigenvalue weighted by molar-refractivity contribution is 9.10. The molecule has 2 rings (SSSR count). The first-order chi connectivity index (χ1) is 8.96. The lowest BCUT2D eigenvalue weighted by atomic mass is 9.66. The van der Waals surface area contributed by atoms with Gasteiger partial charge in [0.05, 0.1) is 10.2 Å². The third-order valence-electron chi connectivity index (χ3n) is 3.67. The number of nitrogens with two attached hydrogens (primary N) is 1. The van der Waals surface area contributed by atoms with Gasteiger partial charge in [0.2, 0.25) is 5.91 Å². The summed E-state index contributed by atoms with van der Waals surface area (Å²) in [6, 6.07) is 1.96. The number of halogens is 3. The molecule has 0 radical (unpaired) electrons. The molecule has 3 nitrogen and oxygen atoms in total. The Morgan fingerprint density at radius 3 is 2.58 bits per heavy atom. The topological polar surface area (TPSA) is 55.1 Å². The minimum atomic E-state index is -0.669. The Hall–Kier alpha value is -1.01. The van der Waals surface area contributed by atoms with Crippen LogP contribution in [-0.2, 0) is 4.79 Å². The molecule has 1 saturated carbocycles. The Kier molecular flexibility index (Phi) is 4.20. The largest absolute Gasteiger partial charge is 0.330 e. The van der Waals surface area contributed by atoms with Gasteiger partial charge in [-0.1, -0.05) is 6.42 Å². The third kappa shape index (κ3) is 3.12. The normalized spacial score (nSPS) is 16.8. The van der Waals surface area contributed by atoms with Crippen molar-refractivity contribution in [2.45, 2.75) is 25.7 Å². The van der Waals surface area contributed by atoms with Gasteiger partial charge in [-0.05, 0) is 46.8 Å². The Labute approximate surface area is 118 Å². The quantitative estimate of drug-likeness (QED) is 0.832. The van der Waals surface area contributed by atoms with E-state index in [1.54, 1.807) is 0 Å². The molecule has 1 aromatic carbocycles. The van der Waals surface area contributed by atoms with E-state index < -0.39 is 11.6 Å². The van der Waals surface area contributed by atoms with Crippen molar-refractivity contribution >= 4 is 27.5 Å². The summed E-state index contributed by atoms with van der Waals surface area (Å²) in [5.74, 6) is -1.61. The van der Waals surface area contributed by atoms with Gasteiger partial charge in [0.1, 0.15) is 11.6 Å². The number of carbonyl (C=O) groups is 1. The van der Waals surface area contributed by atoms with E-state index in [1.165, 1.54) is 0 Å². The van der Waals surface area contributed by atoms with Crippen LogP contribution in [0.5, 0.6) is 0 Å². The highest BCUT2D eigenvalue weighted by atomic mass is 79.9. The number of hydrogen-bond donors (Lipinski definition) is 2. The van der Waals surface area contributed by atoms with Crippen molar-refractivity contribution in [3.63, 3.8) is 0 Å². The van der Waals surface area contributed by atoms with E-state index in [0.29, 0.717) is 6.54 Å². The Morgan fingerprint density at radius 1 is 1.37 bits per heavy atom. The van der Waals surface area contributed by atoms with Gasteiger partial charge in [0.25, 0.3) is 0 Å². The summed E-state index contributed by atoms with van der Waals surface area (Å²) >= 11 is 2.88. The molecule has 6 heteroatoms. The first-order valence-corrected chi connectivity index (χ1v) is 6.89. The SMILES string of the molecule is NCC1(CC(=O)Nc2cc(F)c(Br)cc2F)CCC1. The van der Waals surface area contributed by atoms with E-state index in [4.69, 9.17) is 5.73 Å². The molecular weight excluding hydrogens is 318 g/mol. The van der Waals surface area contributed by atoms with Crippen molar-refractivity contribution in [2.24, 2.45) is 11.1 Å². The molecular formula is C13H15BrF2N2O. The summed E-state index contributed by atoms with van der Waals surface area (Å²) in [6.45, 7) is 0.442. The number of nitrogens with one attached hydrogen (secondary N) is 1. The number of rotatable bonds is 4. The summed E-state index contributed by atoms with van der Waals surface area (Å²) in [4.78, 5) is 11.9. The fourth-order valence-electron chi connectivity index (χ4n) is 2.28. The molecule has 19 heavy (non-hydrogen) atoms. The molecule has 1 aliphatic carbocycles. The molecule has 0 bridgehead atoms. The predicted octanol–water partition coefficient (Wildman–Crippen LogP) is 3.18. The van der Waals surface area contributed by atoms with Crippen LogP contribution in [0.4, 0.5) is 14.5 Å². The zero-order valence-corrected chi connectivity index (χ0v) is 11.9. The molecule has 104 valence electrons. The highest BCUT2D eigenvalue weighted by Crippen LogP contribution is 2.43. The van der Waals surface area contributed by atoms with E-state index in [2.05, 4.69) is 21.2 Å². The molecule has 0 unspecified atom stereocenters. The van der Waals surface area contributed by atoms with Gasteiger partial charge < -0.3 is 11.1 Å². The maximum absolute atomic E-state index is 13.6. The van der Waals surface area contributed by atoms with Crippen molar-refractivity contribution in [3.8, 4) is 0 Å². The molecule has 1 amide bonds. The van der Waals surface area contributed by atoms with Crippen LogP contribution in [0.1, 0.15) is 25.7 Å². The second kappa shape index (κ2) is 5.54. The molecule has 1 aromatic rings. The number of hydrogen-bond acceptors (Lipinski definition) is 2. The smallest absolute Gasteiger partial charge is 0.225 e. The second-order valence-corrected chi connectivity index (χ2v) is 5.88. The molecule has 1 fully saturated rings. The van der Waals surface area contributed by atoms with Gasteiger partial charge in [-0.2, -0.15) is 0 Å². The molecule has 0 saturated heterocycles. The zero-order valence-electron chi connectivity index (χ0n) is 10.3.